The Balaban J connectivity index is 2.21. The average Bonchev–Trinajstić information content (AvgIpc) is 2.52. The molecule has 0 spiro atoms. The molecule has 16 heavy (non-hydrogen) atoms. The van der Waals surface area contributed by atoms with E-state index in [0.717, 1.165) is 12.0 Å². The lowest BCUT2D eigenvalue weighted by Crippen LogP contribution is -2.20. The second kappa shape index (κ2) is 3.91. The molecule has 1 aromatic rings. The van der Waals surface area contributed by atoms with Gasteiger partial charge in [-0.05, 0) is 17.5 Å². The van der Waals surface area contributed by atoms with E-state index in [0.29, 0.717) is 0 Å². The molecule has 2 rings (SSSR count). The minimum absolute atomic E-state index is 0.311. The molecule has 1 heterocycles. The topological polar surface area (TPSA) is 35.5 Å². The van der Waals surface area contributed by atoms with E-state index in [4.69, 9.17) is 9.47 Å². The summed E-state index contributed by atoms with van der Waals surface area (Å²) in [5, 5.41) is 0. The van der Waals surface area contributed by atoms with Crippen LogP contribution >= 0.6 is 0 Å². The number of esters is 1. The Morgan fingerprint density at radius 3 is 2.31 bits per heavy atom. The number of aryl methyl sites for hydroxylation is 1. The zero-order valence-corrected chi connectivity index (χ0v) is 9.82. The first kappa shape index (κ1) is 11.1. The first-order valence-corrected chi connectivity index (χ1v) is 5.51. The molecule has 1 saturated heterocycles. The van der Waals surface area contributed by atoms with Crippen LogP contribution in [0.2, 0.25) is 0 Å². The van der Waals surface area contributed by atoms with Crippen molar-refractivity contribution in [3.05, 3.63) is 35.4 Å². The molecule has 3 nitrogen and oxygen atoms in total. The SMILES string of the molecule is CCc1ccc(C2OC(C)(C)OC2=O)cc1. The lowest BCUT2D eigenvalue weighted by atomic mass is 10.1. The predicted octanol–water partition coefficient (Wildman–Crippen LogP) is 2.60. The molecule has 1 aliphatic rings. The fourth-order valence-electron chi connectivity index (χ4n) is 1.78. The minimum Gasteiger partial charge on any atom is -0.431 e. The Bertz CT molecular complexity index is 392. The lowest BCUT2D eigenvalue weighted by molar-refractivity contribution is -0.160. The van der Waals surface area contributed by atoms with E-state index in [9.17, 15) is 4.79 Å². The largest absolute Gasteiger partial charge is 0.431 e. The number of cyclic esters (lactones) is 1. The standard InChI is InChI=1S/C13H16O3/c1-4-9-5-7-10(8-6-9)11-12(14)16-13(2,3)15-11/h5-8,11H,4H2,1-3H3. The molecule has 0 N–H and O–H groups in total. The first-order chi connectivity index (χ1) is 7.52. The molecule has 0 radical (unpaired) electrons. The van der Waals surface area contributed by atoms with Gasteiger partial charge in [-0.15, -0.1) is 0 Å². The monoisotopic (exact) mass is 220 g/mol. The van der Waals surface area contributed by atoms with Gasteiger partial charge < -0.3 is 9.47 Å². The maximum absolute atomic E-state index is 11.6. The van der Waals surface area contributed by atoms with Crippen LogP contribution in [0.25, 0.3) is 0 Å². The summed E-state index contributed by atoms with van der Waals surface area (Å²) in [6.45, 7) is 5.58. The fraction of sp³-hybridized carbons (Fsp3) is 0.462. The smallest absolute Gasteiger partial charge is 0.342 e. The zero-order chi connectivity index (χ0) is 11.8. The van der Waals surface area contributed by atoms with E-state index in [2.05, 4.69) is 6.92 Å². The summed E-state index contributed by atoms with van der Waals surface area (Å²) in [5.41, 5.74) is 2.10. The quantitative estimate of drug-likeness (QED) is 0.719. The Hall–Kier alpha value is -1.35. The molecule has 1 atom stereocenters. The fourth-order valence-corrected chi connectivity index (χ4v) is 1.78. The number of ether oxygens (including phenoxy) is 2. The molecule has 0 amide bonds. The highest BCUT2D eigenvalue weighted by Gasteiger charge is 2.41. The van der Waals surface area contributed by atoms with E-state index < -0.39 is 11.9 Å². The van der Waals surface area contributed by atoms with Crippen LogP contribution in [0.15, 0.2) is 24.3 Å². The van der Waals surface area contributed by atoms with Crippen molar-refractivity contribution in [3.63, 3.8) is 0 Å². The highest BCUT2D eigenvalue weighted by molar-refractivity contribution is 5.78. The Morgan fingerprint density at radius 2 is 1.88 bits per heavy atom. The van der Waals surface area contributed by atoms with E-state index in [1.165, 1.54) is 5.56 Å². The third-order valence-corrected chi connectivity index (χ3v) is 2.65. The lowest BCUT2D eigenvalue weighted by Gasteiger charge is -2.15. The average molecular weight is 220 g/mol. The molecule has 86 valence electrons. The number of carbonyl (C=O) groups is 1. The minimum atomic E-state index is -0.814. The summed E-state index contributed by atoms with van der Waals surface area (Å²) in [7, 11) is 0. The first-order valence-electron chi connectivity index (χ1n) is 5.51. The third kappa shape index (κ3) is 2.09. The van der Waals surface area contributed by atoms with Gasteiger partial charge in [0.2, 0.25) is 5.79 Å². The molecule has 0 saturated carbocycles. The van der Waals surface area contributed by atoms with Crippen molar-refractivity contribution in [1.29, 1.82) is 0 Å². The maximum atomic E-state index is 11.6. The van der Waals surface area contributed by atoms with Crippen LogP contribution in [0.4, 0.5) is 0 Å². The molecule has 0 bridgehead atoms. The van der Waals surface area contributed by atoms with E-state index in [-0.39, 0.29) is 5.97 Å². The number of hydrogen-bond donors (Lipinski definition) is 0. The van der Waals surface area contributed by atoms with Crippen molar-refractivity contribution < 1.29 is 14.3 Å². The number of benzene rings is 1. The molecule has 1 aliphatic heterocycles. The van der Waals surface area contributed by atoms with Gasteiger partial charge in [-0.3, -0.25) is 0 Å². The number of carbonyl (C=O) groups excluding carboxylic acids is 1. The van der Waals surface area contributed by atoms with Crippen molar-refractivity contribution in [2.45, 2.75) is 39.1 Å². The predicted molar refractivity (Wildman–Crippen MR) is 59.8 cm³/mol. The van der Waals surface area contributed by atoms with Gasteiger partial charge in [0.1, 0.15) is 0 Å². The summed E-state index contributed by atoms with van der Waals surface area (Å²) in [4.78, 5) is 11.6. The van der Waals surface area contributed by atoms with Crippen LogP contribution in [0.3, 0.4) is 0 Å². The summed E-state index contributed by atoms with van der Waals surface area (Å²) >= 11 is 0. The molecule has 1 fully saturated rings. The molecule has 0 aromatic heterocycles. The van der Waals surface area contributed by atoms with Gasteiger partial charge >= 0.3 is 5.97 Å². The second-order valence-corrected chi connectivity index (χ2v) is 4.41. The molecular weight excluding hydrogens is 204 g/mol. The van der Waals surface area contributed by atoms with Crippen molar-refractivity contribution in [2.75, 3.05) is 0 Å². The van der Waals surface area contributed by atoms with E-state index in [1.807, 2.05) is 24.3 Å². The van der Waals surface area contributed by atoms with Gasteiger partial charge in [0, 0.05) is 13.8 Å². The van der Waals surface area contributed by atoms with Crippen molar-refractivity contribution in [3.8, 4) is 0 Å². The Labute approximate surface area is 95.4 Å². The van der Waals surface area contributed by atoms with Crippen molar-refractivity contribution in [1.82, 2.24) is 0 Å². The van der Waals surface area contributed by atoms with Crippen LogP contribution in [0.5, 0.6) is 0 Å². The van der Waals surface area contributed by atoms with Crippen LogP contribution in [-0.4, -0.2) is 11.8 Å². The summed E-state index contributed by atoms with van der Waals surface area (Å²) in [5.74, 6) is -1.13. The second-order valence-electron chi connectivity index (χ2n) is 4.41. The van der Waals surface area contributed by atoms with Crippen LogP contribution < -0.4 is 0 Å². The zero-order valence-electron chi connectivity index (χ0n) is 9.82. The van der Waals surface area contributed by atoms with E-state index in [1.54, 1.807) is 13.8 Å². The molecule has 1 aromatic carbocycles. The molecular formula is C13H16O3. The van der Waals surface area contributed by atoms with Gasteiger partial charge in [0.15, 0.2) is 6.10 Å². The third-order valence-electron chi connectivity index (χ3n) is 2.65. The normalized spacial score (nSPS) is 23.2. The van der Waals surface area contributed by atoms with Crippen molar-refractivity contribution in [2.24, 2.45) is 0 Å². The van der Waals surface area contributed by atoms with Gasteiger partial charge in [0.05, 0.1) is 0 Å². The van der Waals surface area contributed by atoms with Crippen LogP contribution in [-0.2, 0) is 20.7 Å². The molecule has 1 unspecified atom stereocenters. The van der Waals surface area contributed by atoms with Crippen LogP contribution in [0.1, 0.15) is 38.0 Å². The highest BCUT2D eigenvalue weighted by Crippen LogP contribution is 2.33. The summed E-state index contributed by atoms with van der Waals surface area (Å²) < 4.78 is 10.7. The van der Waals surface area contributed by atoms with Crippen LogP contribution in [0, 0.1) is 0 Å². The molecule has 3 heteroatoms. The number of rotatable bonds is 2. The maximum Gasteiger partial charge on any atom is 0.342 e. The summed E-state index contributed by atoms with van der Waals surface area (Å²) in [6.07, 6.45) is 0.405. The van der Waals surface area contributed by atoms with Gasteiger partial charge in [-0.25, -0.2) is 4.79 Å². The van der Waals surface area contributed by atoms with Gasteiger partial charge in [-0.2, -0.15) is 0 Å². The highest BCUT2D eigenvalue weighted by atomic mass is 16.8. The Kier molecular flexibility index (Phi) is 2.72. The van der Waals surface area contributed by atoms with Gasteiger partial charge in [-0.1, -0.05) is 31.2 Å². The van der Waals surface area contributed by atoms with E-state index >= 15 is 0 Å². The number of hydrogen-bond acceptors (Lipinski definition) is 3. The molecule has 0 aliphatic carbocycles. The van der Waals surface area contributed by atoms with Crippen molar-refractivity contribution >= 4 is 5.97 Å². The summed E-state index contributed by atoms with van der Waals surface area (Å²) in [6, 6.07) is 7.87. The van der Waals surface area contributed by atoms with Gasteiger partial charge in [0.25, 0.3) is 0 Å². The Morgan fingerprint density at radius 1 is 1.25 bits per heavy atom.